The Kier molecular flexibility index (Phi) is 7.39. The van der Waals surface area contributed by atoms with E-state index in [4.69, 9.17) is 9.47 Å². The van der Waals surface area contributed by atoms with Crippen LogP contribution in [-0.4, -0.2) is 63.0 Å². The second kappa shape index (κ2) is 9.56. The molecule has 1 aliphatic carbocycles. The number of halogens is 1. The molecule has 1 aromatic carbocycles. The number of morpholine rings is 1. The Morgan fingerprint density at radius 3 is 2.56 bits per heavy atom. The topological polar surface area (TPSA) is 46.1 Å². The largest absolute Gasteiger partial charge is 0.375 e. The Labute approximate surface area is 179 Å². The van der Waals surface area contributed by atoms with Gasteiger partial charge in [-0.1, -0.05) is 36.8 Å². The highest BCUT2D eigenvalue weighted by Gasteiger charge is 2.39. The zero-order valence-corrected chi connectivity index (χ0v) is 18.6. The number of nitrogens with one attached hydrogen (secondary N) is 1. The maximum Gasteiger partial charge on any atom is 0.193 e. The number of nitrogens with zero attached hydrogens (tertiary/aromatic N) is 2. The van der Waals surface area contributed by atoms with Gasteiger partial charge in [0.05, 0.1) is 12.7 Å². The quantitative estimate of drug-likeness (QED) is 0.405. The van der Waals surface area contributed by atoms with E-state index in [9.17, 15) is 0 Å². The van der Waals surface area contributed by atoms with E-state index in [1.165, 1.54) is 24.8 Å². The van der Waals surface area contributed by atoms with Crippen molar-refractivity contribution in [1.82, 2.24) is 10.2 Å². The fraction of sp³-hybridized carbons (Fsp3) is 0.667. The molecule has 5 nitrogen and oxygen atoms in total. The van der Waals surface area contributed by atoms with Gasteiger partial charge < -0.3 is 19.7 Å². The predicted octanol–water partition coefficient (Wildman–Crippen LogP) is 3.18. The van der Waals surface area contributed by atoms with E-state index >= 15 is 0 Å². The van der Waals surface area contributed by atoms with Gasteiger partial charge in [-0.2, -0.15) is 0 Å². The average molecular weight is 485 g/mol. The molecule has 1 saturated carbocycles. The van der Waals surface area contributed by atoms with E-state index in [2.05, 4.69) is 45.5 Å². The molecule has 6 heteroatoms. The van der Waals surface area contributed by atoms with Crippen LogP contribution in [0, 0.1) is 0 Å². The van der Waals surface area contributed by atoms with Crippen LogP contribution in [0.3, 0.4) is 0 Å². The molecule has 1 N–H and O–H groups in total. The van der Waals surface area contributed by atoms with Gasteiger partial charge in [0.15, 0.2) is 5.96 Å². The van der Waals surface area contributed by atoms with Crippen LogP contribution in [0.15, 0.2) is 35.3 Å². The molecule has 0 radical (unpaired) electrons. The fourth-order valence-electron chi connectivity index (χ4n) is 4.53. The highest BCUT2D eigenvalue weighted by atomic mass is 127. The highest BCUT2D eigenvalue weighted by molar-refractivity contribution is 14.0. The molecule has 0 bridgehead atoms. The third-order valence-corrected chi connectivity index (χ3v) is 6.27. The summed E-state index contributed by atoms with van der Waals surface area (Å²) in [5.41, 5.74) is 1.71. The molecule has 2 heterocycles. The number of ether oxygens (including phenoxy) is 2. The summed E-state index contributed by atoms with van der Waals surface area (Å²) >= 11 is 0. The van der Waals surface area contributed by atoms with Gasteiger partial charge in [0, 0.05) is 38.7 Å². The van der Waals surface area contributed by atoms with E-state index in [1.54, 1.807) is 0 Å². The van der Waals surface area contributed by atoms with Crippen molar-refractivity contribution in [2.45, 2.75) is 49.7 Å². The third-order valence-electron chi connectivity index (χ3n) is 6.27. The first kappa shape index (κ1) is 20.9. The number of guanidine groups is 1. The molecule has 27 heavy (non-hydrogen) atoms. The van der Waals surface area contributed by atoms with Crippen molar-refractivity contribution in [2.75, 3.05) is 39.9 Å². The Hall–Kier alpha value is -0.860. The molecular formula is C21H32IN3O2. The first-order chi connectivity index (χ1) is 12.8. The zero-order valence-electron chi connectivity index (χ0n) is 16.2. The third kappa shape index (κ3) is 4.59. The summed E-state index contributed by atoms with van der Waals surface area (Å²) in [6, 6.07) is 10.9. The molecule has 2 unspecified atom stereocenters. The van der Waals surface area contributed by atoms with E-state index in [0.29, 0.717) is 0 Å². The molecule has 0 aromatic heterocycles. The Bertz CT molecular complexity index is 615. The second-order valence-electron chi connectivity index (χ2n) is 7.81. The van der Waals surface area contributed by atoms with Gasteiger partial charge in [0.25, 0.3) is 0 Å². The van der Waals surface area contributed by atoms with Crippen LogP contribution in [-0.2, 0) is 14.9 Å². The first-order valence-electron chi connectivity index (χ1n) is 10.1. The van der Waals surface area contributed by atoms with Gasteiger partial charge in [-0.05, 0) is 31.2 Å². The summed E-state index contributed by atoms with van der Waals surface area (Å²) in [7, 11) is 1.88. The van der Waals surface area contributed by atoms with Crippen LogP contribution in [0.25, 0.3) is 0 Å². The second-order valence-corrected chi connectivity index (χ2v) is 7.81. The van der Waals surface area contributed by atoms with Crippen LogP contribution in [0.2, 0.25) is 0 Å². The standard InChI is InChI=1S/C21H31N3O2.HI/c1-22-20(24-12-14-26-19(15-24)18-9-5-13-25-18)23-16-21(10-6-11-21)17-7-3-2-4-8-17;/h2-4,7-8,18-19H,5-6,9-16H2,1H3,(H,22,23);1H. The molecule has 0 amide bonds. The van der Waals surface area contributed by atoms with Gasteiger partial charge >= 0.3 is 0 Å². The lowest BCUT2D eigenvalue weighted by atomic mass is 9.64. The molecule has 1 aromatic rings. The highest BCUT2D eigenvalue weighted by Crippen LogP contribution is 2.43. The van der Waals surface area contributed by atoms with Crippen LogP contribution in [0.4, 0.5) is 0 Å². The van der Waals surface area contributed by atoms with Crippen LogP contribution in [0.1, 0.15) is 37.7 Å². The molecule has 0 spiro atoms. The lowest BCUT2D eigenvalue weighted by Gasteiger charge is -2.44. The molecule has 4 rings (SSSR count). The fourth-order valence-corrected chi connectivity index (χ4v) is 4.53. The number of benzene rings is 1. The maximum atomic E-state index is 5.98. The molecule has 150 valence electrons. The number of hydrogen-bond acceptors (Lipinski definition) is 3. The lowest BCUT2D eigenvalue weighted by Crippen LogP contribution is -2.55. The van der Waals surface area contributed by atoms with Crippen molar-refractivity contribution in [1.29, 1.82) is 0 Å². The van der Waals surface area contributed by atoms with Crippen molar-refractivity contribution in [2.24, 2.45) is 4.99 Å². The summed E-state index contributed by atoms with van der Waals surface area (Å²) < 4.78 is 11.8. The Morgan fingerprint density at radius 1 is 1.15 bits per heavy atom. The number of rotatable bonds is 4. The van der Waals surface area contributed by atoms with E-state index in [-0.39, 0.29) is 41.6 Å². The molecular weight excluding hydrogens is 453 g/mol. The normalized spacial score (nSPS) is 27.6. The molecule has 2 aliphatic heterocycles. The monoisotopic (exact) mass is 485 g/mol. The minimum atomic E-state index is 0. The van der Waals surface area contributed by atoms with Gasteiger partial charge in [-0.25, -0.2) is 0 Å². The van der Waals surface area contributed by atoms with Crippen molar-refractivity contribution >= 4 is 29.9 Å². The number of aliphatic imine (C=N–C) groups is 1. The van der Waals surface area contributed by atoms with Crippen LogP contribution in [0.5, 0.6) is 0 Å². The Morgan fingerprint density at radius 2 is 1.93 bits per heavy atom. The van der Waals surface area contributed by atoms with Crippen molar-refractivity contribution in [3.8, 4) is 0 Å². The zero-order chi connectivity index (χ0) is 17.8. The predicted molar refractivity (Wildman–Crippen MR) is 119 cm³/mol. The van der Waals surface area contributed by atoms with Gasteiger partial charge in [0.1, 0.15) is 6.10 Å². The summed E-state index contributed by atoms with van der Waals surface area (Å²) in [5.74, 6) is 0.999. The van der Waals surface area contributed by atoms with E-state index in [0.717, 1.165) is 51.6 Å². The van der Waals surface area contributed by atoms with Gasteiger partial charge in [-0.3, -0.25) is 4.99 Å². The average Bonchev–Trinajstić information content (AvgIpc) is 3.20. The maximum absolute atomic E-state index is 5.98. The lowest BCUT2D eigenvalue weighted by molar-refractivity contribution is -0.0817. The van der Waals surface area contributed by atoms with Crippen LogP contribution < -0.4 is 5.32 Å². The minimum absolute atomic E-state index is 0. The SMILES string of the molecule is CN=C(NCC1(c2ccccc2)CCC1)N1CCOC(C2CCCO2)C1.I. The van der Waals surface area contributed by atoms with Crippen LogP contribution >= 0.6 is 24.0 Å². The molecule has 3 fully saturated rings. The van der Waals surface area contributed by atoms with Crippen molar-refractivity contribution in [3.05, 3.63) is 35.9 Å². The molecule has 2 saturated heterocycles. The number of hydrogen-bond donors (Lipinski definition) is 1. The summed E-state index contributed by atoms with van der Waals surface area (Å²) in [6.07, 6.45) is 6.49. The first-order valence-corrected chi connectivity index (χ1v) is 10.1. The van der Waals surface area contributed by atoms with Gasteiger partial charge in [0.2, 0.25) is 0 Å². The summed E-state index contributed by atoms with van der Waals surface area (Å²) in [5, 5.41) is 3.67. The van der Waals surface area contributed by atoms with Gasteiger partial charge in [-0.15, -0.1) is 24.0 Å². The van der Waals surface area contributed by atoms with E-state index < -0.39 is 0 Å². The van der Waals surface area contributed by atoms with Crippen molar-refractivity contribution in [3.63, 3.8) is 0 Å². The summed E-state index contributed by atoms with van der Waals surface area (Å²) in [6.45, 7) is 4.32. The van der Waals surface area contributed by atoms with Crippen molar-refractivity contribution < 1.29 is 9.47 Å². The van der Waals surface area contributed by atoms with E-state index in [1.807, 2.05) is 7.05 Å². The molecule has 2 atom stereocenters. The summed E-state index contributed by atoms with van der Waals surface area (Å²) in [4.78, 5) is 6.90. The smallest absolute Gasteiger partial charge is 0.193 e. The molecule has 3 aliphatic rings. The minimum Gasteiger partial charge on any atom is -0.375 e. The Balaban J connectivity index is 0.00000210.